The van der Waals surface area contributed by atoms with Gasteiger partial charge in [-0.25, -0.2) is 9.97 Å². The number of fused-ring (bicyclic) bond motifs is 1. The van der Waals surface area contributed by atoms with E-state index in [2.05, 4.69) is 50.2 Å². The van der Waals surface area contributed by atoms with Gasteiger partial charge in [-0.05, 0) is 19.9 Å². The highest BCUT2D eigenvalue weighted by atomic mass is 15.3. The van der Waals surface area contributed by atoms with E-state index >= 15 is 0 Å². The minimum atomic E-state index is 0.810. The van der Waals surface area contributed by atoms with Gasteiger partial charge in [0.05, 0.1) is 26.7 Å². The summed E-state index contributed by atoms with van der Waals surface area (Å²) in [4.78, 5) is 8.69. The van der Waals surface area contributed by atoms with Crippen LogP contribution < -0.4 is 4.48 Å². The van der Waals surface area contributed by atoms with Crippen molar-refractivity contribution in [3.63, 3.8) is 0 Å². The average Bonchev–Trinajstić information content (AvgIpc) is 2.16. The summed E-state index contributed by atoms with van der Waals surface area (Å²) in [5.74, 6) is 0.823. The average molecular weight is 216 g/mol. The Balaban J connectivity index is 2.74. The Bertz CT molecular complexity index is 539. The van der Waals surface area contributed by atoms with Crippen LogP contribution >= 0.6 is 0 Å². The van der Waals surface area contributed by atoms with Crippen LogP contribution in [0.15, 0.2) is 18.3 Å². The Labute approximate surface area is 96.3 Å². The van der Waals surface area contributed by atoms with Crippen molar-refractivity contribution in [1.29, 1.82) is 0 Å². The third-order valence-corrected chi connectivity index (χ3v) is 2.74. The maximum absolute atomic E-state index is 4.47. The fourth-order valence-electron chi connectivity index (χ4n) is 2.00. The second kappa shape index (κ2) is 3.52. The lowest BCUT2D eigenvalue weighted by Gasteiger charge is -2.25. The summed E-state index contributed by atoms with van der Waals surface area (Å²) in [6, 6.07) is 4.33. The van der Waals surface area contributed by atoms with Crippen LogP contribution in [0.2, 0.25) is 0 Å². The van der Waals surface area contributed by atoms with Gasteiger partial charge in [0, 0.05) is 23.2 Å². The van der Waals surface area contributed by atoms with Crippen molar-refractivity contribution in [3.05, 3.63) is 29.7 Å². The molecule has 3 heteroatoms. The molecule has 0 N–H and O–H groups in total. The zero-order valence-corrected chi connectivity index (χ0v) is 10.6. The molecule has 2 rings (SSSR count). The van der Waals surface area contributed by atoms with Crippen molar-refractivity contribution in [2.45, 2.75) is 13.8 Å². The highest BCUT2D eigenvalue weighted by molar-refractivity contribution is 5.82. The first kappa shape index (κ1) is 11.0. The van der Waals surface area contributed by atoms with Crippen LogP contribution in [0.25, 0.3) is 10.9 Å². The molecule has 0 aliphatic heterocycles. The van der Waals surface area contributed by atoms with Gasteiger partial charge in [0.2, 0.25) is 0 Å². The quantitative estimate of drug-likeness (QED) is 0.684. The first-order valence-electron chi connectivity index (χ1n) is 5.44. The third-order valence-electron chi connectivity index (χ3n) is 2.74. The number of nitrogens with zero attached hydrogens (tertiary/aromatic N) is 3. The van der Waals surface area contributed by atoms with Crippen LogP contribution in [0.4, 0.5) is 5.69 Å². The summed E-state index contributed by atoms with van der Waals surface area (Å²) in [5.41, 5.74) is 3.61. The van der Waals surface area contributed by atoms with Crippen LogP contribution in [0.3, 0.4) is 0 Å². The van der Waals surface area contributed by atoms with Crippen molar-refractivity contribution >= 4 is 16.6 Å². The highest BCUT2D eigenvalue weighted by Gasteiger charge is 2.16. The van der Waals surface area contributed by atoms with E-state index in [0.717, 1.165) is 21.2 Å². The lowest BCUT2D eigenvalue weighted by atomic mass is 10.1. The molecule has 0 saturated heterocycles. The molecule has 2 aromatic rings. The van der Waals surface area contributed by atoms with Crippen LogP contribution in [0.5, 0.6) is 0 Å². The Morgan fingerprint density at radius 1 is 1.06 bits per heavy atom. The maximum Gasteiger partial charge on any atom is 0.137 e. The second-order valence-corrected chi connectivity index (χ2v) is 5.13. The first-order valence-corrected chi connectivity index (χ1v) is 5.44. The van der Waals surface area contributed by atoms with E-state index in [1.807, 2.05) is 13.1 Å². The molecule has 0 amide bonds. The molecule has 1 heterocycles. The largest absolute Gasteiger partial charge is 0.298 e. The number of benzene rings is 1. The number of hydrogen-bond donors (Lipinski definition) is 0. The van der Waals surface area contributed by atoms with E-state index in [4.69, 9.17) is 0 Å². The standard InChI is InChI=1S/C13H18N3/c1-9-6-11-8-14-10(2)15-12(11)7-13(9)16(3,4)5/h6-8H,1-5H3/q+1. The molecule has 3 nitrogen and oxygen atoms in total. The van der Waals surface area contributed by atoms with Crippen molar-refractivity contribution in [3.8, 4) is 0 Å². The molecule has 16 heavy (non-hydrogen) atoms. The van der Waals surface area contributed by atoms with Gasteiger partial charge in [-0.3, -0.25) is 4.48 Å². The lowest BCUT2D eigenvalue weighted by Crippen LogP contribution is -2.35. The van der Waals surface area contributed by atoms with Gasteiger partial charge in [0.25, 0.3) is 0 Å². The van der Waals surface area contributed by atoms with E-state index in [9.17, 15) is 0 Å². The summed E-state index contributed by atoms with van der Waals surface area (Å²) < 4.78 is 0.810. The molecule has 0 aliphatic rings. The molecule has 0 bridgehead atoms. The minimum Gasteiger partial charge on any atom is -0.298 e. The Morgan fingerprint density at radius 3 is 2.38 bits per heavy atom. The molecule has 0 fully saturated rings. The van der Waals surface area contributed by atoms with Gasteiger partial charge in [-0.15, -0.1) is 0 Å². The van der Waals surface area contributed by atoms with Crippen LogP contribution in [0.1, 0.15) is 11.4 Å². The SMILES string of the molecule is Cc1ncc2cc(C)c([N+](C)(C)C)cc2n1. The topological polar surface area (TPSA) is 25.8 Å². The van der Waals surface area contributed by atoms with Crippen LogP contribution in [-0.2, 0) is 0 Å². The predicted octanol–water partition coefficient (Wildman–Crippen LogP) is 2.44. The van der Waals surface area contributed by atoms with Crippen molar-refractivity contribution in [1.82, 2.24) is 14.5 Å². The zero-order valence-electron chi connectivity index (χ0n) is 10.6. The molecule has 0 atom stereocenters. The van der Waals surface area contributed by atoms with E-state index < -0.39 is 0 Å². The molecule has 0 radical (unpaired) electrons. The number of aromatic nitrogens is 2. The van der Waals surface area contributed by atoms with E-state index in [1.54, 1.807) is 0 Å². The van der Waals surface area contributed by atoms with E-state index in [0.29, 0.717) is 0 Å². The second-order valence-electron chi connectivity index (χ2n) is 5.13. The molecule has 1 aromatic heterocycles. The number of hydrogen-bond acceptors (Lipinski definition) is 2. The van der Waals surface area contributed by atoms with Gasteiger partial charge in [-0.2, -0.15) is 0 Å². The van der Waals surface area contributed by atoms with Gasteiger partial charge in [0.15, 0.2) is 0 Å². The lowest BCUT2D eigenvalue weighted by molar-refractivity contribution is 0.484. The van der Waals surface area contributed by atoms with Crippen LogP contribution in [0, 0.1) is 13.8 Å². The summed E-state index contributed by atoms with van der Waals surface area (Å²) in [7, 11) is 6.51. The monoisotopic (exact) mass is 216 g/mol. The Hall–Kier alpha value is -1.48. The van der Waals surface area contributed by atoms with Gasteiger partial charge in [0.1, 0.15) is 11.5 Å². The molecule has 84 valence electrons. The predicted molar refractivity (Wildman–Crippen MR) is 68.6 cm³/mol. The molecular weight excluding hydrogens is 198 g/mol. The maximum atomic E-state index is 4.47. The Morgan fingerprint density at radius 2 is 1.75 bits per heavy atom. The van der Waals surface area contributed by atoms with Crippen molar-refractivity contribution < 1.29 is 0 Å². The summed E-state index contributed by atoms with van der Waals surface area (Å²) in [5, 5.41) is 1.11. The Kier molecular flexibility index (Phi) is 2.43. The van der Waals surface area contributed by atoms with Gasteiger partial charge in [-0.1, -0.05) is 0 Å². The molecule has 0 aliphatic carbocycles. The van der Waals surface area contributed by atoms with Crippen LogP contribution in [-0.4, -0.2) is 31.1 Å². The first-order chi connectivity index (χ1) is 7.38. The summed E-state index contributed by atoms with van der Waals surface area (Å²) in [6.07, 6.45) is 1.89. The normalized spacial score (nSPS) is 12.1. The summed E-state index contributed by atoms with van der Waals surface area (Å²) >= 11 is 0. The number of aryl methyl sites for hydroxylation is 2. The molecular formula is C13H18N3+. The van der Waals surface area contributed by atoms with Gasteiger partial charge >= 0.3 is 0 Å². The fraction of sp³-hybridized carbons (Fsp3) is 0.385. The smallest absolute Gasteiger partial charge is 0.137 e. The molecule has 1 aromatic carbocycles. The third kappa shape index (κ3) is 1.91. The molecule has 0 spiro atoms. The fourth-order valence-corrected chi connectivity index (χ4v) is 2.00. The van der Waals surface area contributed by atoms with E-state index in [1.165, 1.54) is 11.3 Å². The number of rotatable bonds is 1. The minimum absolute atomic E-state index is 0.810. The van der Waals surface area contributed by atoms with Crippen molar-refractivity contribution in [2.24, 2.45) is 0 Å². The molecule has 0 unspecified atom stereocenters. The number of quaternary nitrogens is 1. The zero-order chi connectivity index (χ0) is 11.9. The summed E-state index contributed by atoms with van der Waals surface area (Å²) in [6.45, 7) is 4.06. The molecule has 0 saturated carbocycles. The highest BCUT2D eigenvalue weighted by Crippen LogP contribution is 2.26. The van der Waals surface area contributed by atoms with E-state index in [-0.39, 0.29) is 0 Å². The van der Waals surface area contributed by atoms with Crippen molar-refractivity contribution in [2.75, 3.05) is 21.1 Å². The van der Waals surface area contributed by atoms with Gasteiger partial charge < -0.3 is 0 Å².